The van der Waals surface area contributed by atoms with Gasteiger partial charge in [0.2, 0.25) is 0 Å². The van der Waals surface area contributed by atoms with Crippen molar-refractivity contribution in [2.24, 2.45) is 0 Å². The number of carboxylic acid groups (broad SMARTS) is 1. The SMILES string of the molecule is O=C(O)COc1ccc(SC/C=C(/c2ccccc2)c2ccc(C(F)(F)CF)cc2)cc1Cl. The highest BCUT2D eigenvalue weighted by molar-refractivity contribution is 7.99. The Hall–Kier alpha value is -2.90. The van der Waals surface area contributed by atoms with Crippen LogP contribution < -0.4 is 4.74 Å². The number of benzene rings is 3. The maximum absolute atomic E-state index is 13.6. The lowest BCUT2D eigenvalue weighted by Crippen LogP contribution is -2.15. The van der Waals surface area contributed by atoms with E-state index in [0.717, 1.165) is 21.6 Å². The number of aliphatic carboxylic acids is 1. The zero-order valence-corrected chi connectivity index (χ0v) is 18.9. The van der Waals surface area contributed by atoms with Gasteiger partial charge in [0.1, 0.15) is 5.75 Å². The highest BCUT2D eigenvalue weighted by Crippen LogP contribution is 2.33. The van der Waals surface area contributed by atoms with Gasteiger partial charge >= 0.3 is 11.9 Å². The van der Waals surface area contributed by atoms with E-state index in [1.54, 1.807) is 30.3 Å². The molecule has 3 aromatic rings. The van der Waals surface area contributed by atoms with Gasteiger partial charge < -0.3 is 9.84 Å². The van der Waals surface area contributed by atoms with Crippen molar-refractivity contribution >= 4 is 34.9 Å². The predicted octanol–water partition coefficient (Wildman–Crippen LogP) is 7.09. The van der Waals surface area contributed by atoms with E-state index in [4.69, 9.17) is 21.4 Å². The van der Waals surface area contributed by atoms with Gasteiger partial charge in [-0.3, -0.25) is 0 Å². The molecule has 0 heterocycles. The zero-order valence-electron chi connectivity index (χ0n) is 17.3. The van der Waals surface area contributed by atoms with Crippen LogP contribution in [0.5, 0.6) is 5.75 Å². The third kappa shape index (κ3) is 6.79. The van der Waals surface area contributed by atoms with Crippen molar-refractivity contribution in [3.63, 3.8) is 0 Å². The highest BCUT2D eigenvalue weighted by Gasteiger charge is 2.31. The van der Waals surface area contributed by atoms with Gasteiger partial charge in [-0.15, -0.1) is 11.8 Å². The number of rotatable bonds is 10. The summed E-state index contributed by atoms with van der Waals surface area (Å²) in [4.78, 5) is 11.5. The van der Waals surface area contributed by atoms with E-state index in [0.29, 0.717) is 10.8 Å². The van der Waals surface area contributed by atoms with Crippen molar-refractivity contribution in [2.45, 2.75) is 10.8 Å². The molecule has 0 radical (unpaired) electrons. The summed E-state index contributed by atoms with van der Waals surface area (Å²) in [6, 6.07) is 20.2. The molecule has 3 aromatic carbocycles. The molecule has 0 saturated heterocycles. The molecule has 33 heavy (non-hydrogen) atoms. The first-order valence-electron chi connectivity index (χ1n) is 9.87. The van der Waals surface area contributed by atoms with Crippen LogP contribution in [0, 0.1) is 0 Å². The molecule has 0 aliphatic rings. The van der Waals surface area contributed by atoms with Crippen molar-refractivity contribution in [3.05, 3.63) is 101 Å². The molecule has 0 fully saturated rings. The van der Waals surface area contributed by atoms with Crippen molar-refractivity contribution in [3.8, 4) is 5.75 Å². The molecule has 3 nitrogen and oxygen atoms in total. The Morgan fingerprint density at radius 2 is 1.70 bits per heavy atom. The summed E-state index contributed by atoms with van der Waals surface area (Å²) in [5.74, 6) is -3.76. The number of hydrogen-bond acceptors (Lipinski definition) is 3. The monoisotopic (exact) mass is 492 g/mol. The lowest BCUT2D eigenvalue weighted by Gasteiger charge is -2.14. The van der Waals surface area contributed by atoms with Crippen molar-refractivity contribution in [1.82, 2.24) is 0 Å². The third-order valence-corrected chi connectivity index (χ3v) is 5.88. The Morgan fingerprint density at radius 3 is 2.30 bits per heavy atom. The minimum atomic E-state index is -3.51. The minimum Gasteiger partial charge on any atom is -0.480 e. The van der Waals surface area contributed by atoms with Crippen LogP contribution in [0.1, 0.15) is 16.7 Å². The summed E-state index contributed by atoms with van der Waals surface area (Å²) >= 11 is 7.67. The highest BCUT2D eigenvalue weighted by atomic mass is 35.5. The predicted molar refractivity (Wildman–Crippen MR) is 125 cm³/mol. The largest absolute Gasteiger partial charge is 0.480 e. The number of carbonyl (C=O) groups is 1. The second-order valence-corrected chi connectivity index (χ2v) is 8.49. The summed E-state index contributed by atoms with van der Waals surface area (Å²) in [5.41, 5.74) is 2.13. The number of thioether (sulfide) groups is 1. The van der Waals surface area contributed by atoms with Gasteiger partial charge in [0.15, 0.2) is 13.3 Å². The number of hydrogen-bond donors (Lipinski definition) is 1. The smallest absolute Gasteiger partial charge is 0.341 e. The quantitative estimate of drug-likeness (QED) is 0.307. The van der Waals surface area contributed by atoms with Crippen molar-refractivity contribution < 1.29 is 27.8 Å². The maximum atomic E-state index is 13.6. The van der Waals surface area contributed by atoms with E-state index in [2.05, 4.69) is 0 Å². The van der Waals surface area contributed by atoms with Gasteiger partial charge in [0, 0.05) is 16.2 Å². The van der Waals surface area contributed by atoms with E-state index in [9.17, 15) is 18.0 Å². The maximum Gasteiger partial charge on any atom is 0.341 e. The van der Waals surface area contributed by atoms with Gasteiger partial charge in [-0.2, -0.15) is 8.78 Å². The average molecular weight is 493 g/mol. The molecule has 0 unspecified atom stereocenters. The number of halogens is 4. The van der Waals surface area contributed by atoms with Crippen LogP contribution in [0.25, 0.3) is 5.57 Å². The van der Waals surface area contributed by atoms with Crippen LogP contribution in [0.4, 0.5) is 13.2 Å². The van der Waals surface area contributed by atoms with Crippen molar-refractivity contribution in [1.29, 1.82) is 0 Å². The Bertz CT molecular complexity index is 1120. The first-order valence-corrected chi connectivity index (χ1v) is 11.2. The molecule has 0 spiro atoms. The normalized spacial score (nSPS) is 11.9. The zero-order chi connectivity index (χ0) is 23.8. The van der Waals surface area contributed by atoms with E-state index >= 15 is 0 Å². The Labute approximate surface area is 198 Å². The van der Waals surface area contributed by atoms with Gasteiger partial charge in [0.05, 0.1) is 5.02 Å². The first kappa shape index (κ1) is 24.7. The molecule has 0 aliphatic carbocycles. The Balaban J connectivity index is 1.79. The topological polar surface area (TPSA) is 46.5 Å². The van der Waals surface area contributed by atoms with Crippen LogP contribution in [0.3, 0.4) is 0 Å². The lowest BCUT2D eigenvalue weighted by molar-refractivity contribution is -0.139. The van der Waals surface area contributed by atoms with Gasteiger partial charge in [0.25, 0.3) is 0 Å². The Kier molecular flexibility index (Phi) is 8.47. The number of carboxylic acids is 1. The van der Waals surface area contributed by atoms with E-state index < -0.39 is 25.2 Å². The number of alkyl halides is 3. The third-order valence-electron chi connectivity index (χ3n) is 4.66. The first-order chi connectivity index (χ1) is 15.8. The molecule has 3 rings (SSSR count). The van der Waals surface area contributed by atoms with Crippen LogP contribution in [-0.4, -0.2) is 30.1 Å². The van der Waals surface area contributed by atoms with E-state index in [1.165, 1.54) is 23.9 Å². The lowest BCUT2D eigenvalue weighted by atomic mass is 9.96. The molecule has 0 aromatic heterocycles. The second-order valence-electron chi connectivity index (χ2n) is 6.98. The second kappa shape index (κ2) is 11.3. The molecule has 1 N–H and O–H groups in total. The van der Waals surface area contributed by atoms with Gasteiger partial charge in [-0.05, 0) is 34.9 Å². The fraction of sp³-hybridized carbons (Fsp3) is 0.160. The van der Waals surface area contributed by atoms with E-state index in [1.807, 2.05) is 36.4 Å². The molecule has 0 atom stereocenters. The van der Waals surface area contributed by atoms with Crippen LogP contribution >= 0.6 is 23.4 Å². The minimum absolute atomic E-state index is 0.286. The average Bonchev–Trinajstić information content (AvgIpc) is 2.82. The van der Waals surface area contributed by atoms with Crippen LogP contribution in [0.15, 0.2) is 83.8 Å². The summed E-state index contributed by atoms with van der Waals surface area (Å²) in [7, 11) is 0. The molecular weight excluding hydrogens is 473 g/mol. The molecule has 0 aliphatic heterocycles. The van der Waals surface area contributed by atoms with Gasteiger partial charge in [-0.1, -0.05) is 72.3 Å². The molecule has 8 heteroatoms. The summed E-state index contributed by atoms with van der Waals surface area (Å²) in [6.45, 7) is -2.22. The fourth-order valence-electron chi connectivity index (χ4n) is 3.04. The standard InChI is InChI=1S/C25H20ClF3O3S/c26-22-14-20(10-11-23(22)32-15-24(30)31)33-13-12-21(17-4-2-1-3-5-17)18-6-8-19(9-7-18)25(28,29)16-27/h1-12,14H,13,15-16H2,(H,30,31)/b21-12-. The molecule has 0 saturated carbocycles. The molecule has 0 bridgehead atoms. The summed E-state index contributed by atoms with van der Waals surface area (Å²) in [6.07, 6.45) is 1.98. The Morgan fingerprint density at radius 1 is 1.03 bits per heavy atom. The van der Waals surface area contributed by atoms with Crippen LogP contribution in [-0.2, 0) is 10.7 Å². The summed E-state index contributed by atoms with van der Waals surface area (Å²) in [5, 5.41) is 9.02. The van der Waals surface area contributed by atoms with Crippen LogP contribution in [0.2, 0.25) is 5.02 Å². The molecule has 172 valence electrons. The van der Waals surface area contributed by atoms with E-state index in [-0.39, 0.29) is 11.3 Å². The summed E-state index contributed by atoms with van der Waals surface area (Å²) < 4.78 is 45.0. The fourth-order valence-corrected chi connectivity index (χ4v) is 4.15. The van der Waals surface area contributed by atoms with Crippen molar-refractivity contribution in [2.75, 3.05) is 19.0 Å². The molecular formula is C25H20ClF3O3S. The number of ether oxygens (including phenoxy) is 1. The molecule has 0 amide bonds. The van der Waals surface area contributed by atoms with Gasteiger partial charge in [-0.25, -0.2) is 9.18 Å².